The van der Waals surface area contributed by atoms with Crippen LogP contribution in [0.15, 0.2) is 54.7 Å². The van der Waals surface area contributed by atoms with E-state index in [0.717, 1.165) is 10.9 Å². The van der Waals surface area contributed by atoms with Gasteiger partial charge in [0.05, 0.1) is 22.2 Å². The Labute approximate surface area is 158 Å². The Balaban J connectivity index is 1.96. The Kier molecular flexibility index (Phi) is 4.95. The van der Waals surface area contributed by atoms with Gasteiger partial charge in [0.1, 0.15) is 5.75 Å². The van der Waals surface area contributed by atoms with Crippen LogP contribution in [0.1, 0.15) is 36.7 Å². The first kappa shape index (κ1) is 18.6. The molecule has 0 fully saturated rings. The molecule has 0 atom stereocenters. The van der Waals surface area contributed by atoms with E-state index in [2.05, 4.69) is 10.3 Å². The van der Waals surface area contributed by atoms with Gasteiger partial charge in [0.15, 0.2) is 0 Å². The van der Waals surface area contributed by atoms with Gasteiger partial charge < -0.3 is 10.1 Å². The zero-order valence-corrected chi connectivity index (χ0v) is 15.9. The Morgan fingerprint density at radius 3 is 2.44 bits per heavy atom. The molecule has 3 aromatic rings. The van der Waals surface area contributed by atoms with Crippen LogP contribution >= 0.6 is 0 Å². The predicted molar refractivity (Wildman–Crippen MR) is 106 cm³/mol. The van der Waals surface area contributed by atoms with Crippen molar-refractivity contribution in [3.8, 4) is 5.75 Å². The number of carbonyl (C=O) groups excluding carboxylic acids is 2. The monoisotopic (exact) mass is 362 g/mol. The molecule has 0 aliphatic rings. The normalized spacial score (nSPS) is 11.3. The van der Waals surface area contributed by atoms with Gasteiger partial charge in [-0.1, -0.05) is 30.3 Å². The lowest BCUT2D eigenvalue weighted by molar-refractivity contribution is -0.143. The van der Waals surface area contributed by atoms with Gasteiger partial charge in [-0.05, 0) is 51.5 Å². The minimum absolute atomic E-state index is 0.251. The first-order valence-electron chi connectivity index (χ1n) is 8.74. The number of aromatic nitrogens is 1. The molecular weight excluding hydrogens is 340 g/mol. The van der Waals surface area contributed by atoms with E-state index in [1.165, 1.54) is 0 Å². The van der Waals surface area contributed by atoms with Crippen LogP contribution in [-0.4, -0.2) is 16.9 Å². The number of amides is 1. The first-order chi connectivity index (χ1) is 12.8. The molecule has 0 saturated carbocycles. The number of benzene rings is 2. The molecule has 138 valence electrons. The highest BCUT2D eigenvalue weighted by Gasteiger charge is 2.26. The van der Waals surface area contributed by atoms with E-state index in [4.69, 9.17) is 4.74 Å². The minimum atomic E-state index is -0.670. The summed E-state index contributed by atoms with van der Waals surface area (Å²) in [5.41, 5.74) is 1.70. The summed E-state index contributed by atoms with van der Waals surface area (Å²) in [7, 11) is 0. The van der Waals surface area contributed by atoms with E-state index < -0.39 is 11.4 Å². The SMILES string of the molecule is Cc1cccc(OC(=O)C(C)(C)C)c1C(=O)Nc1cccc2cccnc12. The number of hydrogen-bond donors (Lipinski definition) is 1. The average Bonchev–Trinajstić information content (AvgIpc) is 2.61. The third-order valence-corrected chi connectivity index (χ3v) is 4.16. The summed E-state index contributed by atoms with van der Waals surface area (Å²) in [5, 5.41) is 3.83. The molecule has 5 heteroatoms. The molecule has 0 spiro atoms. The quantitative estimate of drug-likeness (QED) is 0.539. The molecule has 1 heterocycles. The zero-order valence-electron chi connectivity index (χ0n) is 15.9. The van der Waals surface area contributed by atoms with Crippen molar-refractivity contribution >= 4 is 28.5 Å². The van der Waals surface area contributed by atoms with Crippen LogP contribution in [0.2, 0.25) is 0 Å². The summed E-state index contributed by atoms with van der Waals surface area (Å²) in [4.78, 5) is 29.6. The van der Waals surface area contributed by atoms with Crippen molar-refractivity contribution in [2.24, 2.45) is 5.41 Å². The minimum Gasteiger partial charge on any atom is -0.425 e. The van der Waals surface area contributed by atoms with Gasteiger partial charge in [-0.15, -0.1) is 0 Å². The molecular formula is C22H22N2O3. The second-order valence-electron chi connectivity index (χ2n) is 7.42. The van der Waals surface area contributed by atoms with Crippen LogP contribution in [0.4, 0.5) is 5.69 Å². The van der Waals surface area contributed by atoms with Crippen molar-refractivity contribution < 1.29 is 14.3 Å². The Morgan fingerprint density at radius 2 is 1.70 bits per heavy atom. The lowest BCUT2D eigenvalue weighted by Gasteiger charge is -2.19. The fourth-order valence-corrected chi connectivity index (χ4v) is 2.66. The molecule has 0 radical (unpaired) electrons. The highest BCUT2D eigenvalue weighted by molar-refractivity contribution is 6.10. The Hall–Kier alpha value is -3.21. The largest absolute Gasteiger partial charge is 0.425 e. The summed E-state index contributed by atoms with van der Waals surface area (Å²) < 4.78 is 5.52. The van der Waals surface area contributed by atoms with Crippen molar-refractivity contribution in [2.45, 2.75) is 27.7 Å². The fraction of sp³-hybridized carbons (Fsp3) is 0.227. The molecule has 0 bridgehead atoms. The van der Waals surface area contributed by atoms with Crippen molar-refractivity contribution in [1.29, 1.82) is 0 Å². The summed E-state index contributed by atoms with van der Waals surface area (Å²) in [5.74, 6) is -0.488. The number of ether oxygens (including phenoxy) is 1. The van der Waals surface area contributed by atoms with E-state index >= 15 is 0 Å². The standard InChI is InChI=1S/C22H22N2O3/c1-14-8-5-12-17(27-21(26)22(2,3)4)18(14)20(25)24-16-11-6-9-15-10-7-13-23-19(15)16/h5-13H,1-4H3,(H,24,25). The van der Waals surface area contributed by atoms with E-state index in [9.17, 15) is 9.59 Å². The maximum absolute atomic E-state index is 13.0. The van der Waals surface area contributed by atoms with Crippen molar-refractivity contribution in [3.63, 3.8) is 0 Å². The van der Waals surface area contributed by atoms with E-state index in [0.29, 0.717) is 16.8 Å². The van der Waals surface area contributed by atoms with Crippen LogP contribution in [-0.2, 0) is 4.79 Å². The van der Waals surface area contributed by atoms with Gasteiger partial charge in [-0.25, -0.2) is 0 Å². The van der Waals surface area contributed by atoms with E-state index in [1.807, 2.05) is 37.3 Å². The van der Waals surface area contributed by atoms with Crippen LogP contribution < -0.4 is 10.1 Å². The molecule has 0 saturated heterocycles. The number of carbonyl (C=O) groups is 2. The third-order valence-electron chi connectivity index (χ3n) is 4.16. The molecule has 1 amide bonds. The molecule has 0 aliphatic carbocycles. The summed E-state index contributed by atoms with van der Waals surface area (Å²) in [6.07, 6.45) is 1.68. The van der Waals surface area contributed by atoms with Gasteiger partial charge >= 0.3 is 5.97 Å². The molecule has 5 nitrogen and oxygen atoms in total. The van der Waals surface area contributed by atoms with Gasteiger partial charge in [-0.3, -0.25) is 14.6 Å². The van der Waals surface area contributed by atoms with Gasteiger partial charge in [0, 0.05) is 11.6 Å². The van der Waals surface area contributed by atoms with Gasteiger partial charge in [0.25, 0.3) is 5.91 Å². The molecule has 0 aliphatic heterocycles. The number of anilines is 1. The molecule has 2 aromatic carbocycles. The number of pyridine rings is 1. The highest BCUT2D eigenvalue weighted by atomic mass is 16.5. The zero-order chi connectivity index (χ0) is 19.6. The molecule has 1 N–H and O–H groups in total. The predicted octanol–water partition coefficient (Wildman–Crippen LogP) is 4.75. The van der Waals surface area contributed by atoms with E-state index in [1.54, 1.807) is 45.2 Å². The topological polar surface area (TPSA) is 68.3 Å². The number of esters is 1. The third kappa shape index (κ3) is 3.97. The van der Waals surface area contributed by atoms with Crippen LogP contribution in [0.25, 0.3) is 10.9 Å². The second-order valence-corrected chi connectivity index (χ2v) is 7.42. The average molecular weight is 362 g/mol. The number of hydrogen-bond acceptors (Lipinski definition) is 4. The van der Waals surface area contributed by atoms with E-state index in [-0.39, 0.29) is 11.7 Å². The van der Waals surface area contributed by atoms with Gasteiger partial charge in [0.2, 0.25) is 0 Å². The van der Waals surface area contributed by atoms with Crippen LogP contribution in [0.3, 0.4) is 0 Å². The van der Waals surface area contributed by atoms with Crippen molar-refractivity contribution in [1.82, 2.24) is 4.98 Å². The second kappa shape index (κ2) is 7.19. The smallest absolute Gasteiger partial charge is 0.316 e. The molecule has 27 heavy (non-hydrogen) atoms. The summed E-state index contributed by atoms with van der Waals surface area (Å²) in [6.45, 7) is 7.12. The first-order valence-corrected chi connectivity index (χ1v) is 8.74. The van der Waals surface area contributed by atoms with Crippen molar-refractivity contribution in [3.05, 3.63) is 65.9 Å². The molecule has 3 rings (SSSR count). The number of nitrogens with zero attached hydrogens (tertiary/aromatic N) is 1. The number of nitrogens with one attached hydrogen (secondary N) is 1. The lowest BCUT2D eigenvalue weighted by atomic mass is 9.97. The molecule has 0 unspecified atom stereocenters. The highest BCUT2D eigenvalue weighted by Crippen LogP contribution is 2.28. The molecule has 1 aromatic heterocycles. The fourth-order valence-electron chi connectivity index (χ4n) is 2.66. The number of rotatable bonds is 3. The summed E-state index contributed by atoms with van der Waals surface area (Å²) in [6, 6.07) is 14.6. The number of para-hydroxylation sites is 1. The lowest BCUT2D eigenvalue weighted by Crippen LogP contribution is -2.27. The number of fused-ring (bicyclic) bond motifs is 1. The van der Waals surface area contributed by atoms with Crippen LogP contribution in [0, 0.1) is 12.3 Å². The van der Waals surface area contributed by atoms with Crippen molar-refractivity contribution in [2.75, 3.05) is 5.32 Å². The van der Waals surface area contributed by atoms with Crippen LogP contribution in [0.5, 0.6) is 5.75 Å². The number of aryl methyl sites for hydroxylation is 1. The Morgan fingerprint density at radius 1 is 1.00 bits per heavy atom. The van der Waals surface area contributed by atoms with Gasteiger partial charge in [-0.2, -0.15) is 0 Å². The maximum atomic E-state index is 13.0. The summed E-state index contributed by atoms with van der Waals surface area (Å²) >= 11 is 0. The maximum Gasteiger partial charge on any atom is 0.316 e. The Bertz CT molecular complexity index is 1010.